The molecule has 1 aromatic heterocycles. The van der Waals surface area contributed by atoms with Crippen LogP contribution in [0.2, 0.25) is 0 Å². The van der Waals surface area contributed by atoms with Gasteiger partial charge in [-0.3, -0.25) is 4.79 Å². The van der Waals surface area contributed by atoms with E-state index < -0.39 is 5.97 Å². The Morgan fingerprint density at radius 3 is 2.89 bits per heavy atom. The lowest BCUT2D eigenvalue weighted by Crippen LogP contribution is -2.31. The summed E-state index contributed by atoms with van der Waals surface area (Å²) in [4.78, 5) is 24.8. The number of nitriles is 1. The predicted molar refractivity (Wildman–Crippen MR) is 72.8 cm³/mol. The van der Waals surface area contributed by atoms with Crippen molar-refractivity contribution < 1.29 is 14.7 Å². The van der Waals surface area contributed by atoms with Crippen LogP contribution in [0.25, 0.3) is 6.08 Å². The molecule has 0 spiro atoms. The number of aliphatic carboxylic acids is 1. The summed E-state index contributed by atoms with van der Waals surface area (Å²) in [7, 11) is 0. The minimum Gasteiger partial charge on any atom is -0.478 e. The normalized spacial score (nSPS) is 10.3. The number of amides is 1. The molecule has 0 bridgehead atoms. The van der Waals surface area contributed by atoms with Gasteiger partial charge in [-0.1, -0.05) is 0 Å². The van der Waals surface area contributed by atoms with E-state index in [1.165, 1.54) is 17.4 Å². The Labute approximate surface area is 115 Å². The lowest BCUT2D eigenvalue weighted by atomic mass is 10.2. The van der Waals surface area contributed by atoms with Crippen molar-refractivity contribution in [2.24, 2.45) is 0 Å². The monoisotopic (exact) mass is 278 g/mol. The zero-order chi connectivity index (χ0) is 14.3. The molecule has 1 N–H and O–H groups in total. The summed E-state index contributed by atoms with van der Waals surface area (Å²) in [6.45, 7) is 2.74. The Hall–Kier alpha value is -2.13. The van der Waals surface area contributed by atoms with Gasteiger partial charge in [0.15, 0.2) is 0 Å². The standard InChI is InChI=1S/C13H14N2O3S/c1-2-15(8-3-7-14)13(18)12-10(6-9-19-12)4-5-11(16)17/h4-6,9H,2-3,8H2,1H3,(H,16,17). The fraction of sp³-hybridized carbons (Fsp3) is 0.308. The summed E-state index contributed by atoms with van der Waals surface area (Å²) in [6, 6.07) is 3.71. The Balaban J connectivity index is 2.90. The fourth-order valence-corrected chi connectivity index (χ4v) is 2.37. The molecule has 1 aromatic rings. The summed E-state index contributed by atoms with van der Waals surface area (Å²) in [5.74, 6) is -1.22. The van der Waals surface area contributed by atoms with Crippen molar-refractivity contribution >= 4 is 29.3 Å². The first-order valence-electron chi connectivity index (χ1n) is 5.74. The van der Waals surface area contributed by atoms with Crippen LogP contribution in [0.5, 0.6) is 0 Å². The third kappa shape index (κ3) is 4.23. The highest BCUT2D eigenvalue weighted by atomic mass is 32.1. The minimum atomic E-state index is -1.05. The molecule has 0 saturated carbocycles. The number of carbonyl (C=O) groups excluding carboxylic acids is 1. The van der Waals surface area contributed by atoms with E-state index >= 15 is 0 Å². The molecule has 0 atom stereocenters. The zero-order valence-corrected chi connectivity index (χ0v) is 11.3. The van der Waals surface area contributed by atoms with Crippen LogP contribution in [0, 0.1) is 11.3 Å². The summed E-state index contributed by atoms with van der Waals surface area (Å²) in [5, 5.41) is 18.9. The Kier molecular flexibility index (Phi) is 5.76. The van der Waals surface area contributed by atoms with Crippen molar-refractivity contribution in [2.75, 3.05) is 13.1 Å². The first kappa shape index (κ1) is 14.9. The number of carboxylic acids is 1. The van der Waals surface area contributed by atoms with Gasteiger partial charge in [-0.15, -0.1) is 11.3 Å². The van der Waals surface area contributed by atoms with Crippen LogP contribution < -0.4 is 0 Å². The van der Waals surface area contributed by atoms with Crippen LogP contribution in [-0.2, 0) is 4.79 Å². The van der Waals surface area contributed by atoms with Crippen molar-refractivity contribution in [3.8, 4) is 6.07 Å². The highest BCUT2D eigenvalue weighted by Gasteiger charge is 2.17. The van der Waals surface area contributed by atoms with Crippen molar-refractivity contribution in [1.82, 2.24) is 4.90 Å². The minimum absolute atomic E-state index is 0.169. The van der Waals surface area contributed by atoms with Crippen LogP contribution in [0.4, 0.5) is 0 Å². The zero-order valence-electron chi connectivity index (χ0n) is 10.5. The molecule has 1 amide bonds. The van der Waals surface area contributed by atoms with Gasteiger partial charge < -0.3 is 10.0 Å². The SMILES string of the molecule is CCN(CCC#N)C(=O)c1sccc1C=CC(=O)O. The Morgan fingerprint density at radius 1 is 1.58 bits per heavy atom. The van der Waals surface area contributed by atoms with Crippen molar-refractivity contribution in [3.63, 3.8) is 0 Å². The van der Waals surface area contributed by atoms with Gasteiger partial charge in [0.1, 0.15) is 0 Å². The van der Waals surface area contributed by atoms with Crippen molar-refractivity contribution in [2.45, 2.75) is 13.3 Å². The van der Waals surface area contributed by atoms with Gasteiger partial charge in [0.05, 0.1) is 17.4 Å². The second kappa shape index (κ2) is 7.34. The van der Waals surface area contributed by atoms with Crippen LogP contribution in [0.3, 0.4) is 0 Å². The van der Waals surface area contributed by atoms with E-state index in [0.29, 0.717) is 23.5 Å². The van der Waals surface area contributed by atoms with Crippen molar-refractivity contribution in [1.29, 1.82) is 5.26 Å². The molecule has 1 heterocycles. The molecule has 19 heavy (non-hydrogen) atoms. The summed E-state index contributed by atoms with van der Waals surface area (Å²) in [6.07, 6.45) is 2.69. The third-order valence-electron chi connectivity index (χ3n) is 2.46. The van der Waals surface area contributed by atoms with Gasteiger partial charge in [-0.25, -0.2) is 4.79 Å². The van der Waals surface area contributed by atoms with E-state index in [-0.39, 0.29) is 12.3 Å². The molecule has 0 aliphatic rings. The van der Waals surface area contributed by atoms with Crippen molar-refractivity contribution in [3.05, 3.63) is 28.0 Å². The topological polar surface area (TPSA) is 81.4 Å². The summed E-state index contributed by atoms with van der Waals surface area (Å²) >= 11 is 1.27. The van der Waals surface area contributed by atoms with E-state index in [0.717, 1.165) is 6.08 Å². The number of hydrogen-bond donors (Lipinski definition) is 1. The maximum absolute atomic E-state index is 12.3. The number of carbonyl (C=O) groups is 2. The van der Waals surface area contributed by atoms with Gasteiger partial charge in [-0.2, -0.15) is 5.26 Å². The van der Waals surface area contributed by atoms with Gasteiger partial charge in [0.25, 0.3) is 5.91 Å². The molecule has 5 nitrogen and oxygen atoms in total. The van der Waals surface area contributed by atoms with E-state index in [4.69, 9.17) is 10.4 Å². The molecular formula is C13H14N2O3S. The molecule has 6 heteroatoms. The van der Waals surface area contributed by atoms with Crippen LogP contribution in [0.1, 0.15) is 28.6 Å². The van der Waals surface area contributed by atoms with E-state index in [1.807, 2.05) is 13.0 Å². The molecule has 0 unspecified atom stereocenters. The molecule has 0 radical (unpaired) electrons. The number of rotatable bonds is 6. The van der Waals surface area contributed by atoms with Gasteiger partial charge in [-0.05, 0) is 30.0 Å². The molecule has 0 aliphatic carbocycles. The molecule has 100 valence electrons. The highest BCUT2D eigenvalue weighted by molar-refractivity contribution is 7.12. The van der Waals surface area contributed by atoms with E-state index in [2.05, 4.69) is 0 Å². The third-order valence-corrected chi connectivity index (χ3v) is 3.38. The van der Waals surface area contributed by atoms with E-state index in [1.54, 1.807) is 16.3 Å². The molecule has 1 rings (SSSR count). The lowest BCUT2D eigenvalue weighted by molar-refractivity contribution is -0.131. The van der Waals surface area contributed by atoms with E-state index in [9.17, 15) is 9.59 Å². The second-order valence-corrected chi connectivity index (χ2v) is 4.59. The summed E-state index contributed by atoms with van der Waals surface area (Å²) < 4.78 is 0. The van der Waals surface area contributed by atoms with Gasteiger partial charge in [0.2, 0.25) is 0 Å². The van der Waals surface area contributed by atoms with Gasteiger partial charge in [0, 0.05) is 19.2 Å². The van der Waals surface area contributed by atoms with Crippen LogP contribution >= 0.6 is 11.3 Å². The Bertz CT molecular complexity index is 528. The average molecular weight is 278 g/mol. The number of nitrogens with zero attached hydrogens (tertiary/aromatic N) is 2. The highest BCUT2D eigenvalue weighted by Crippen LogP contribution is 2.20. The lowest BCUT2D eigenvalue weighted by Gasteiger charge is -2.19. The van der Waals surface area contributed by atoms with Crippen LogP contribution in [0.15, 0.2) is 17.5 Å². The Morgan fingerprint density at radius 2 is 2.32 bits per heavy atom. The summed E-state index contributed by atoms with van der Waals surface area (Å²) in [5.41, 5.74) is 0.591. The molecule has 0 fully saturated rings. The first-order chi connectivity index (χ1) is 9.10. The second-order valence-electron chi connectivity index (χ2n) is 3.67. The predicted octanol–water partition coefficient (Wildman–Crippen LogP) is 2.22. The first-order valence-corrected chi connectivity index (χ1v) is 6.62. The largest absolute Gasteiger partial charge is 0.478 e. The smallest absolute Gasteiger partial charge is 0.328 e. The molecule has 0 saturated heterocycles. The quantitative estimate of drug-likeness (QED) is 0.809. The van der Waals surface area contributed by atoms with Gasteiger partial charge >= 0.3 is 5.97 Å². The molecule has 0 aliphatic heterocycles. The number of hydrogen-bond acceptors (Lipinski definition) is 4. The van der Waals surface area contributed by atoms with Crippen LogP contribution in [-0.4, -0.2) is 35.0 Å². The fourth-order valence-electron chi connectivity index (χ4n) is 1.52. The molecule has 0 aromatic carbocycles. The number of thiophene rings is 1. The number of carboxylic acid groups (broad SMARTS) is 1. The average Bonchev–Trinajstić information content (AvgIpc) is 2.85. The maximum atomic E-state index is 12.3. The molecular weight excluding hydrogens is 264 g/mol. The maximum Gasteiger partial charge on any atom is 0.328 e.